The van der Waals surface area contributed by atoms with Crippen LogP contribution in [-0.4, -0.2) is 8.42 Å². The third-order valence-corrected chi connectivity index (χ3v) is 6.74. The summed E-state index contributed by atoms with van der Waals surface area (Å²) in [4.78, 5) is 1.07. The van der Waals surface area contributed by atoms with Crippen LogP contribution in [0.2, 0.25) is 0 Å². The molecule has 6 heteroatoms. The van der Waals surface area contributed by atoms with Crippen LogP contribution in [-0.2, 0) is 16.4 Å². The Balaban J connectivity index is 2.17. The zero-order chi connectivity index (χ0) is 14.8. The van der Waals surface area contributed by atoms with Gasteiger partial charge in [0.2, 0.25) is 0 Å². The van der Waals surface area contributed by atoms with Gasteiger partial charge < -0.3 is 0 Å². The average molecular weight is 374 g/mol. The number of thiophene rings is 1. The molecule has 1 N–H and O–H groups in total. The average Bonchev–Trinajstić information content (AvgIpc) is 2.88. The highest BCUT2D eigenvalue weighted by Crippen LogP contribution is 2.24. The van der Waals surface area contributed by atoms with Gasteiger partial charge in [-0.05, 0) is 43.2 Å². The van der Waals surface area contributed by atoms with Gasteiger partial charge in [-0.25, -0.2) is 13.1 Å². The SMILES string of the molecule is CCc1ccc(S(=O)(=O)NC(C)c2ccc(Br)cc2)s1. The van der Waals surface area contributed by atoms with E-state index in [2.05, 4.69) is 20.7 Å². The van der Waals surface area contributed by atoms with Crippen LogP contribution in [0.4, 0.5) is 0 Å². The molecule has 2 rings (SSSR count). The number of hydrogen-bond donors (Lipinski definition) is 1. The maximum absolute atomic E-state index is 12.3. The Bertz CT molecular complexity index is 677. The maximum Gasteiger partial charge on any atom is 0.250 e. The molecule has 0 radical (unpaired) electrons. The quantitative estimate of drug-likeness (QED) is 0.856. The lowest BCUT2D eigenvalue weighted by atomic mass is 10.1. The number of rotatable bonds is 5. The molecule has 0 amide bonds. The fourth-order valence-electron chi connectivity index (χ4n) is 1.80. The number of halogens is 1. The van der Waals surface area contributed by atoms with Gasteiger partial charge in [-0.1, -0.05) is 35.0 Å². The minimum absolute atomic E-state index is 0.264. The summed E-state index contributed by atoms with van der Waals surface area (Å²) in [5, 5.41) is 0. The molecule has 0 aliphatic heterocycles. The largest absolute Gasteiger partial charge is 0.250 e. The molecule has 1 heterocycles. The van der Waals surface area contributed by atoms with Crippen LogP contribution in [0.1, 0.15) is 30.3 Å². The first-order valence-corrected chi connectivity index (χ1v) is 9.38. The van der Waals surface area contributed by atoms with Gasteiger partial charge in [0, 0.05) is 15.4 Å². The lowest BCUT2D eigenvalue weighted by Crippen LogP contribution is -2.26. The number of benzene rings is 1. The summed E-state index contributed by atoms with van der Waals surface area (Å²) in [7, 11) is -3.45. The van der Waals surface area contributed by atoms with Crippen molar-refractivity contribution in [3.8, 4) is 0 Å². The monoisotopic (exact) mass is 373 g/mol. The van der Waals surface area contributed by atoms with E-state index in [1.54, 1.807) is 6.07 Å². The molecule has 1 aromatic carbocycles. The van der Waals surface area contributed by atoms with Crippen molar-refractivity contribution in [3.05, 3.63) is 51.3 Å². The fourth-order valence-corrected chi connectivity index (χ4v) is 4.61. The molecule has 0 bridgehead atoms. The number of sulfonamides is 1. The number of aryl methyl sites for hydroxylation is 1. The van der Waals surface area contributed by atoms with Gasteiger partial charge in [-0.2, -0.15) is 0 Å². The molecule has 1 unspecified atom stereocenters. The molecular weight excluding hydrogens is 358 g/mol. The molecule has 2 aromatic rings. The minimum Gasteiger partial charge on any atom is -0.206 e. The van der Waals surface area contributed by atoms with E-state index < -0.39 is 10.0 Å². The summed E-state index contributed by atoms with van der Waals surface area (Å²) in [5.41, 5.74) is 0.934. The number of hydrogen-bond acceptors (Lipinski definition) is 3. The van der Waals surface area contributed by atoms with Crippen molar-refractivity contribution in [2.45, 2.75) is 30.5 Å². The van der Waals surface area contributed by atoms with Crippen molar-refractivity contribution in [1.82, 2.24) is 4.72 Å². The molecule has 0 saturated heterocycles. The second kappa shape index (κ2) is 6.39. The summed E-state index contributed by atoms with van der Waals surface area (Å²) >= 11 is 4.69. The van der Waals surface area contributed by atoms with E-state index in [1.165, 1.54) is 11.3 Å². The smallest absolute Gasteiger partial charge is 0.206 e. The molecule has 3 nitrogen and oxygen atoms in total. The molecule has 0 spiro atoms. The maximum atomic E-state index is 12.3. The van der Waals surface area contributed by atoms with Crippen LogP contribution in [0.15, 0.2) is 45.1 Å². The van der Waals surface area contributed by atoms with Crippen LogP contribution in [0, 0.1) is 0 Å². The molecule has 108 valence electrons. The zero-order valence-electron chi connectivity index (χ0n) is 11.3. The van der Waals surface area contributed by atoms with E-state index in [9.17, 15) is 8.42 Å². The Hall–Kier alpha value is -0.690. The van der Waals surface area contributed by atoms with Gasteiger partial charge in [0.25, 0.3) is 10.0 Å². The Morgan fingerprint density at radius 1 is 1.20 bits per heavy atom. The van der Waals surface area contributed by atoms with E-state index in [4.69, 9.17) is 0 Å². The highest BCUT2D eigenvalue weighted by atomic mass is 79.9. The van der Waals surface area contributed by atoms with Gasteiger partial charge in [-0.15, -0.1) is 11.3 Å². The summed E-state index contributed by atoms with van der Waals surface area (Å²) in [6.07, 6.45) is 0.850. The molecule has 0 saturated carbocycles. The lowest BCUT2D eigenvalue weighted by molar-refractivity contribution is 0.569. The first kappa shape index (κ1) is 15.7. The van der Waals surface area contributed by atoms with Gasteiger partial charge in [-0.3, -0.25) is 0 Å². The zero-order valence-corrected chi connectivity index (χ0v) is 14.5. The van der Waals surface area contributed by atoms with Crippen molar-refractivity contribution in [1.29, 1.82) is 0 Å². The van der Waals surface area contributed by atoms with Gasteiger partial charge in [0.1, 0.15) is 4.21 Å². The predicted octanol–water partition coefficient (Wildman–Crippen LogP) is 4.11. The summed E-state index contributed by atoms with van der Waals surface area (Å²) in [6.45, 7) is 3.86. The lowest BCUT2D eigenvalue weighted by Gasteiger charge is -2.13. The van der Waals surface area contributed by atoms with E-state index in [0.717, 1.165) is 21.3 Å². The van der Waals surface area contributed by atoms with Crippen LogP contribution in [0.5, 0.6) is 0 Å². The van der Waals surface area contributed by atoms with Crippen LogP contribution >= 0.6 is 27.3 Å². The molecule has 1 atom stereocenters. The molecular formula is C14H16BrNO2S2. The number of nitrogens with one attached hydrogen (secondary N) is 1. The summed E-state index contributed by atoms with van der Waals surface area (Å²) < 4.78 is 28.7. The van der Waals surface area contributed by atoms with Gasteiger partial charge in [0.05, 0.1) is 0 Å². The van der Waals surface area contributed by atoms with Crippen molar-refractivity contribution in [2.75, 3.05) is 0 Å². The molecule has 1 aromatic heterocycles. The third-order valence-electron chi connectivity index (χ3n) is 2.95. The third kappa shape index (κ3) is 3.69. The molecule has 0 aliphatic carbocycles. The second-order valence-electron chi connectivity index (χ2n) is 4.47. The Kier molecular flexibility index (Phi) is 5.01. The highest BCUT2D eigenvalue weighted by Gasteiger charge is 2.20. The molecule has 0 fully saturated rings. The minimum atomic E-state index is -3.45. The van der Waals surface area contributed by atoms with E-state index in [-0.39, 0.29) is 6.04 Å². The molecule has 20 heavy (non-hydrogen) atoms. The second-order valence-corrected chi connectivity index (χ2v) is 8.49. The van der Waals surface area contributed by atoms with E-state index in [0.29, 0.717) is 4.21 Å². The van der Waals surface area contributed by atoms with Gasteiger partial charge in [0.15, 0.2) is 0 Å². The Morgan fingerprint density at radius 3 is 2.40 bits per heavy atom. The van der Waals surface area contributed by atoms with E-state index >= 15 is 0 Å². The Labute approximate surface area is 132 Å². The normalized spacial score (nSPS) is 13.3. The van der Waals surface area contributed by atoms with E-state index in [1.807, 2.05) is 44.2 Å². The first-order valence-electron chi connectivity index (χ1n) is 6.29. The van der Waals surface area contributed by atoms with Crippen molar-refractivity contribution < 1.29 is 8.42 Å². The molecule has 0 aliphatic rings. The van der Waals surface area contributed by atoms with Gasteiger partial charge >= 0.3 is 0 Å². The van der Waals surface area contributed by atoms with Crippen molar-refractivity contribution >= 4 is 37.3 Å². The standard InChI is InChI=1S/C14H16BrNO2S2/c1-3-13-8-9-14(19-13)20(17,18)16-10(2)11-4-6-12(15)7-5-11/h4-10,16H,3H2,1-2H3. The van der Waals surface area contributed by atoms with Crippen molar-refractivity contribution in [3.63, 3.8) is 0 Å². The first-order chi connectivity index (χ1) is 9.42. The summed E-state index contributed by atoms with van der Waals surface area (Å²) in [5.74, 6) is 0. The topological polar surface area (TPSA) is 46.2 Å². The summed E-state index contributed by atoms with van der Waals surface area (Å²) in [6, 6.07) is 10.9. The Morgan fingerprint density at radius 2 is 1.85 bits per heavy atom. The van der Waals surface area contributed by atoms with Crippen LogP contribution in [0.25, 0.3) is 0 Å². The highest BCUT2D eigenvalue weighted by molar-refractivity contribution is 9.10. The van der Waals surface area contributed by atoms with Crippen LogP contribution < -0.4 is 4.72 Å². The van der Waals surface area contributed by atoms with Crippen LogP contribution in [0.3, 0.4) is 0 Å². The predicted molar refractivity (Wildman–Crippen MR) is 86.6 cm³/mol. The van der Waals surface area contributed by atoms with Crippen molar-refractivity contribution in [2.24, 2.45) is 0 Å². The fraction of sp³-hybridized carbons (Fsp3) is 0.286.